The Morgan fingerprint density at radius 2 is 0.757 bits per heavy atom. The van der Waals surface area contributed by atoms with Crippen molar-refractivity contribution >= 4 is 51.0 Å². The minimum Gasteiger partial charge on any atom is -0.311 e. The first-order valence-electron chi connectivity index (χ1n) is 12.2. The summed E-state index contributed by atoms with van der Waals surface area (Å²) in [4.78, 5) is 3.62. The summed E-state index contributed by atoms with van der Waals surface area (Å²) in [7, 11) is 0. The molecule has 0 aliphatic heterocycles. The van der Waals surface area contributed by atoms with E-state index in [1.54, 1.807) is 0 Å². The molecule has 6 rings (SSSR count). The standard InChI is InChI=1S/C34H24INS/c35-34-24-23-33(37-34)29-15-21-32(22-16-29)36(30-17-11-27(12-18-30)25-7-3-1-4-8-25)31-19-13-28(14-20-31)26-9-5-2-6-10-26/h1-24H. The Balaban J connectivity index is 1.38. The molecule has 0 radical (unpaired) electrons. The number of benzene rings is 5. The molecule has 0 spiro atoms. The average Bonchev–Trinajstić information content (AvgIpc) is 3.41. The van der Waals surface area contributed by atoms with Crippen LogP contribution in [0.1, 0.15) is 0 Å². The van der Waals surface area contributed by atoms with Crippen molar-refractivity contribution in [2.24, 2.45) is 0 Å². The summed E-state index contributed by atoms with van der Waals surface area (Å²) in [5.74, 6) is 0. The minimum atomic E-state index is 1.13. The van der Waals surface area contributed by atoms with E-state index >= 15 is 0 Å². The van der Waals surface area contributed by atoms with Crippen LogP contribution >= 0.6 is 33.9 Å². The van der Waals surface area contributed by atoms with E-state index in [-0.39, 0.29) is 0 Å². The number of hydrogen-bond donors (Lipinski definition) is 0. The van der Waals surface area contributed by atoms with Crippen molar-refractivity contribution in [3.63, 3.8) is 0 Å². The summed E-state index contributed by atoms with van der Waals surface area (Å²) in [5, 5.41) is 0. The zero-order chi connectivity index (χ0) is 25.0. The Kier molecular flexibility index (Phi) is 6.89. The number of anilines is 3. The molecule has 0 atom stereocenters. The van der Waals surface area contributed by atoms with E-state index in [0.29, 0.717) is 0 Å². The van der Waals surface area contributed by atoms with Crippen LogP contribution in [-0.2, 0) is 0 Å². The van der Waals surface area contributed by atoms with Crippen LogP contribution in [0.5, 0.6) is 0 Å². The van der Waals surface area contributed by atoms with Crippen LogP contribution in [0.3, 0.4) is 0 Å². The molecule has 3 heteroatoms. The lowest BCUT2D eigenvalue weighted by Gasteiger charge is -2.26. The van der Waals surface area contributed by atoms with Crippen LogP contribution in [0.2, 0.25) is 0 Å². The predicted octanol–water partition coefficient (Wildman–Crippen LogP) is 10.8. The Hall–Kier alpha value is -3.67. The Morgan fingerprint density at radius 3 is 1.14 bits per heavy atom. The molecule has 0 amide bonds. The molecule has 6 aromatic rings. The molecule has 0 fully saturated rings. The molecule has 0 aliphatic carbocycles. The van der Waals surface area contributed by atoms with Gasteiger partial charge in [-0.05, 0) is 98.9 Å². The van der Waals surface area contributed by atoms with Gasteiger partial charge in [-0.3, -0.25) is 0 Å². The van der Waals surface area contributed by atoms with Crippen molar-refractivity contribution in [2.75, 3.05) is 4.90 Å². The van der Waals surface area contributed by atoms with Crippen LogP contribution in [0.25, 0.3) is 32.7 Å². The normalized spacial score (nSPS) is 10.8. The van der Waals surface area contributed by atoms with Crippen LogP contribution in [0, 0.1) is 2.88 Å². The first kappa shape index (κ1) is 23.7. The van der Waals surface area contributed by atoms with Crippen molar-refractivity contribution in [3.05, 3.63) is 148 Å². The molecule has 0 bridgehead atoms. The van der Waals surface area contributed by atoms with Crippen LogP contribution < -0.4 is 4.90 Å². The highest BCUT2D eigenvalue weighted by molar-refractivity contribution is 14.1. The van der Waals surface area contributed by atoms with E-state index < -0.39 is 0 Å². The molecule has 0 unspecified atom stereocenters. The summed E-state index contributed by atoms with van der Waals surface area (Å²) < 4.78 is 1.30. The van der Waals surface area contributed by atoms with Gasteiger partial charge in [-0.1, -0.05) is 97.1 Å². The van der Waals surface area contributed by atoms with Crippen molar-refractivity contribution in [2.45, 2.75) is 0 Å². The molecule has 0 saturated carbocycles. The average molecular weight is 606 g/mol. The zero-order valence-electron chi connectivity index (χ0n) is 20.1. The van der Waals surface area contributed by atoms with E-state index in [1.807, 2.05) is 11.3 Å². The number of nitrogens with zero attached hydrogens (tertiary/aromatic N) is 1. The summed E-state index contributed by atoms with van der Waals surface area (Å²) in [6, 6.07) is 52.0. The molecule has 1 nitrogen and oxygen atoms in total. The predicted molar refractivity (Wildman–Crippen MR) is 168 cm³/mol. The largest absolute Gasteiger partial charge is 0.311 e. The second-order valence-corrected chi connectivity index (χ2v) is 11.8. The first-order valence-corrected chi connectivity index (χ1v) is 14.1. The Labute approximate surface area is 235 Å². The summed E-state index contributed by atoms with van der Waals surface area (Å²) in [6.45, 7) is 0. The first-order chi connectivity index (χ1) is 18.2. The molecule has 1 aromatic heterocycles. The van der Waals surface area contributed by atoms with Gasteiger partial charge in [-0.2, -0.15) is 0 Å². The van der Waals surface area contributed by atoms with Crippen molar-refractivity contribution in [1.29, 1.82) is 0 Å². The van der Waals surface area contributed by atoms with Crippen LogP contribution in [0.15, 0.2) is 146 Å². The molecule has 178 valence electrons. The van der Waals surface area contributed by atoms with Gasteiger partial charge in [0.1, 0.15) is 0 Å². The fourth-order valence-corrected chi connectivity index (χ4v) is 6.19. The fraction of sp³-hybridized carbons (Fsp3) is 0. The third kappa shape index (κ3) is 5.24. The quantitative estimate of drug-likeness (QED) is 0.171. The molecule has 0 aliphatic rings. The maximum atomic E-state index is 2.38. The van der Waals surface area contributed by atoms with E-state index in [9.17, 15) is 0 Å². The maximum absolute atomic E-state index is 2.38. The highest BCUT2D eigenvalue weighted by Gasteiger charge is 2.14. The van der Waals surface area contributed by atoms with Gasteiger partial charge in [-0.15, -0.1) is 11.3 Å². The van der Waals surface area contributed by atoms with Crippen molar-refractivity contribution in [3.8, 4) is 32.7 Å². The van der Waals surface area contributed by atoms with Crippen LogP contribution in [-0.4, -0.2) is 0 Å². The SMILES string of the molecule is Ic1ccc(-c2ccc(N(c3ccc(-c4ccccc4)cc3)c3ccc(-c4ccccc4)cc3)cc2)s1. The number of halogens is 1. The molecule has 37 heavy (non-hydrogen) atoms. The number of rotatable bonds is 6. The van der Waals surface area contributed by atoms with Gasteiger partial charge in [0.2, 0.25) is 0 Å². The highest BCUT2D eigenvalue weighted by Crippen LogP contribution is 2.38. The molecule has 0 saturated heterocycles. The molecular weight excluding hydrogens is 581 g/mol. The fourth-order valence-electron chi connectivity index (χ4n) is 4.56. The molecule has 0 N–H and O–H groups in total. The Morgan fingerprint density at radius 1 is 0.378 bits per heavy atom. The number of hydrogen-bond acceptors (Lipinski definition) is 2. The van der Waals surface area contributed by atoms with Gasteiger partial charge in [0.05, 0.1) is 2.88 Å². The number of thiophene rings is 1. The van der Waals surface area contributed by atoms with E-state index in [1.165, 1.54) is 35.6 Å². The molecule has 1 heterocycles. The molecule has 5 aromatic carbocycles. The third-order valence-corrected chi connectivity index (χ3v) is 8.39. The smallest absolute Gasteiger partial charge is 0.0660 e. The van der Waals surface area contributed by atoms with Gasteiger partial charge >= 0.3 is 0 Å². The lowest BCUT2D eigenvalue weighted by Crippen LogP contribution is -2.09. The van der Waals surface area contributed by atoms with Gasteiger partial charge in [0.25, 0.3) is 0 Å². The zero-order valence-corrected chi connectivity index (χ0v) is 23.1. The van der Waals surface area contributed by atoms with E-state index in [4.69, 9.17) is 0 Å². The Bertz CT molecular complexity index is 1500. The minimum absolute atomic E-state index is 1.13. The highest BCUT2D eigenvalue weighted by atomic mass is 127. The lowest BCUT2D eigenvalue weighted by atomic mass is 10.0. The topological polar surface area (TPSA) is 3.24 Å². The second kappa shape index (κ2) is 10.8. The van der Waals surface area contributed by atoms with Gasteiger partial charge in [0, 0.05) is 21.9 Å². The third-order valence-electron chi connectivity index (χ3n) is 6.45. The van der Waals surface area contributed by atoms with Gasteiger partial charge < -0.3 is 4.90 Å². The van der Waals surface area contributed by atoms with Crippen molar-refractivity contribution in [1.82, 2.24) is 0 Å². The van der Waals surface area contributed by atoms with Gasteiger partial charge in [0.15, 0.2) is 0 Å². The second-order valence-electron chi connectivity index (χ2n) is 8.81. The summed E-state index contributed by atoms with van der Waals surface area (Å²) in [5.41, 5.74) is 9.52. The summed E-state index contributed by atoms with van der Waals surface area (Å²) in [6.07, 6.45) is 0. The van der Waals surface area contributed by atoms with E-state index in [0.717, 1.165) is 17.1 Å². The van der Waals surface area contributed by atoms with E-state index in [2.05, 4.69) is 173 Å². The molecular formula is C34H24INS. The van der Waals surface area contributed by atoms with Crippen LogP contribution in [0.4, 0.5) is 17.1 Å². The lowest BCUT2D eigenvalue weighted by molar-refractivity contribution is 1.28. The van der Waals surface area contributed by atoms with Crippen molar-refractivity contribution < 1.29 is 0 Å². The van der Waals surface area contributed by atoms with Gasteiger partial charge in [-0.25, -0.2) is 0 Å². The summed E-state index contributed by atoms with van der Waals surface area (Å²) >= 11 is 4.20. The maximum Gasteiger partial charge on any atom is 0.0660 e. The monoisotopic (exact) mass is 605 g/mol.